The average molecular weight is 397 g/mol. The lowest BCUT2D eigenvalue weighted by molar-refractivity contribution is -0.137. The molecule has 0 bridgehead atoms. The van der Waals surface area contributed by atoms with Crippen molar-refractivity contribution >= 4 is 11.8 Å². The van der Waals surface area contributed by atoms with Crippen LogP contribution >= 0.6 is 0 Å². The molecule has 2 aliphatic heterocycles. The Labute approximate surface area is 169 Å². The number of likely N-dealkylation sites (tertiary alicyclic amines) is 2. The molecule has 0 saturated carbocycles. The van der Waals surface area contributed by atoms with Gasteiger partial charge in [0.15, 0.2) is 0 Å². The van der Waals surface area contributed by atoms with Crippen LogP contribution in [-0.2, 0) is 9.53 Å². The van der Waals surface area contributed by atoms with Crippen molar-refractivity contribution in [3.05, 3.63) is 65.7 Å². The van der Waals surface area contributed by atoms with Crippen molar-refractivity contribution in [1.82, 2.24) is 14.8 Å². The summed E-state index contributed by atoms with van der Waals surface area (Å²) in [4.78, 5) is 33.3. The highest BCUT2D eigenvalue weighted by Crippen LogP contribution is 2.45. The summed E-state index contributed by atoms with van der Waals surface area (Å²) in [6.45, 7) is 3.92. The number of rotatable bonds is 5. The molecule has 0 radical (unpaired) electrons. The molecule has 0 spiro atoms. The van der Waals surface area contributed by atoms with Crippen LogP contribution in [0.2, 0.25) is 0 Å². The first-order valence-corrected chi connectivity index (χ1v) is 9.91. The van der Waals surface area contributed by atoms with E-state index in [1.807, 2.05) is 13.0 Å². The zero-order valence-electron chi connectivity index (χ0n) is 16.3. The second-order valence-electron chi connectivity index (χ2n) is 7.53. The number of carbonyl (C=O) groups is 2. The number of nitrogens with zero attached hydrogens (tertiary/aromatic N) is 3. The SMILES string of the molecule is CCOCC(=O)N1C[C@@H]2CN(C(=O)c3ccccn3)C[C@@H]2[C@@H]1c1cccc(F)c1. The van der Waals surface area contributed by atoms with Crippen LogP contribution in [0.15, 0.2) is 48.7 Å². The van der Waals surface area contributed by atoms with E-state index in [4.69, 9.17) is 4.74 Å². The van der Waals surface area contributed by atoms with Crippen molar-refractivity contribution in [3.63, 3.8) is 0 Å². The van der Waals surface area contributed by atoms with Gasteiger partial charge in [-0.3, -0.25) is 14.6 Å². The van der Waals surface area contributed by atoms with Gasteiger partial charge in [0.1, 0.15) is 18.1 Å². The Morgan fingerprint density at radius 2 is 2.03 bits per heavy atom. The van der Waals surface area contributed by atoms with Crippen LogP contribution in [0.4, 0.5) is 4.39 Å². The first-order valence-electron chi connectivity index (χ1n) is 9.91. The Morgan fingerprint density at radius 1 is 1.17 bits per heavy atom. The number of hydrogen-bond donors (Lipinski definition) is 0. The molecule has 3 heterocycles. The molecular formula is C22H24FN3O3. The van der Waals surface area contributed by atoms with Crippen molar-refractivity contribution in [1.29, 1.82) is 0 Å². The van der Waals surface area contributed by atoms with E-state index in [0.29, 0.717) is 31.9 Å². The average Bonchev–Trinajstić information content (AvgIpc) is 3.30. The molecule has 7 heteroatoms. The highest BCUT2D eigenvalue weighted by molar-refractivity contribution is 5.92. The molecule has 0 aliphatic carbocycles. The number of hydrogen-bond acceptors (Lipinski definition) is 4. The first kappa shape index (κ1) is 19.5. The molecule has 1 aromatic heterocycles. The van der Waals surface area contributed by atoms with Crippen LogP contribution in [0.3, 0.4) is 0 Å². The van der Waals surface area contributed by atoms with E-state index in [2.05, 4.69) is 4.98 Å². The largest absolute Gasteiger partial charge is 0.372 e. The minimum atomic E-state index is -0.331. The Balaban J connectivity index is 1.58. The standard InChI is InChI=1S/C22H24FN3O3/c1-2-29-14-20(27)26-12-16-11-25(22(28)19-8-3-4-9-24-19)13-18(16)21(26)15-6-5-7-17(23)10-15/h3-10,16,18,21H,2,11-14H2,1H3/t16-,18-,21-/m0/s1. The molecule has 152 valence electrons. The lowest BCUT2D eigenvalue weighted by Gasteiger charge is -2.30. The fraction of sp³-hybridized carbons (Fsp3) is 0.409. The van der Waals surface area contributed by atoms with Crippen LogP contribution in [0.1, 0.15) is 29.0 Å². The maximum atomic E-state index is 13.9. The fourth-order valence-corrected chi connectivity index (χ4v) is 4.51. The second kappa shape index (κ2) is 8.29. The van der Waals surface area contributed by atoms with Crippen molar-refractivity contribution < 1.29 is 18.7 Å². The third kappa shape index (κ3) is 3.87. The van der Waals surface area contributed by atoms with E-state index in [1.54, 1.807) is 40.3 Å². The van der Waals surface area contributed by atoms with Crippen LogP contribution in [0, 0.1) is 17.7 Å². The van der Waals surface area contributed by atoms with E-state index in [-0.39, 0.29) is 42.1 Å². The summed E-state index contributed by atoms with van der Waals surface area (Å²) in [5.41, 5.74) is 1.17. The maximum Gasteiger partial charge on any atom is 0.272 e. The van der Waals surface area contributed by atoms with E-state index < -0.39 is 0 Å². The minimum absolute atomic E-state index is 0.0122. The third-order valence-electron chi connectivity index (χ3n) is 5.78. The maximum absolute atomic E-state index is 13.9. The van der Waals surface area contributed by atoms with Gasteiger partial charge in [0.2, 0.25) is 5.91 Å². The molecule has 2 amide bonds. The van der Waals surface area contributed by atoms with Gasteiger partial charge < -0.3 is 14.5 Å². The van der Waals surface area contributed by atoms with Gasteiger partial charge in [-0.25, -0.2) is 4.39 Å². The summed E-state index contributed by atoms with van der Waals surface area (Å²) < 4.78 is 19.2. The molecule has 2 aromatic rings. The summed E-state index contributed by atoms with van der Waals surface area (Å²) in [7, 11) is 0. The van der Waals surface area contributed by atoms with Crippen LogP contribution in [-0.4, -0.2) is 59.4 Å². The quantitative estimate of drug-likeness (QED) is 0.778. The van der Waals surface area contributed by atoms with Gasteiger partial charge in [-0.05, 0) is 36.8 Å². The topological polar surface area (TPSA) is 62.7 Å². The zero-order valence-corrected chi connectivity index (χ0v) is 16.3. The normalized spacial score (nSPS) is 23.3. The van der Waals surface area contributed by atoms with Gasteiger partial charge in [0.05, 0.1) is 6.04 Å². The Hall–Kier alpha value is -2.80. The lowest BCUT2D eigenvalue weighted by atomic mass is 9.89. The third-order valence-corrected chi connectivity index (χ3v) is 5.78. The fourth-order valence-electron chi connectivity index (χ4n) is 4.51. The van der Waals surface area contributed by atoms with Gasteiger partial charge in [0, 0.05) is 44.3 Å². The van der Waals surface area contributed by atoms with Crippen molar-refractivity contribution in [3.8, 4) is 0 Å². The zero-order chi connectivity index (χ0) is 20.4. The smallest absolute Gasteiger partial charge is 0.272 e. The number of benzene rings is 1. The summed E-state index contributed by atoms with van der Waals surface area (Å²) in [5, 5.41) is 0. The van der Waals surface area contributed by atoms with Crippen molar-refractivity contribution in [2.45, 2.75) is 13.0 Å². The molecule has 1 aromatic carbocycles. The predicted molar refractivity (Wildman–Crippen MR) is 104 cm³/mol. The Kier molecular flexibility index (Phi) is 5.58. The molecule has 4 rings (SSSR count). The highest BCUT2D eigenvalue weighted by atomic mass is 19.1. The number of carbonyl (C=O) groups excluding carboxylic acids is 2. The number of fused-ring (bicyclic) bond motifs is 1. The van der Waals surface area contributed by atoms with Crippen LogP contribution < -0.4 is 0 Å². The van der Waals surface area contributed by atoms with Crippen molar-refractivity contribution in [2.24, 2.45) is 11.8 Å². The molecule has 2 saturated heterocycles. The summed E-state index contributed by atoms with van der Waals surface area (Å²) in [6.07, 6.45) is 1.60. The summed E-state index contributed by atoms with van der Waals surface area (Å²) in [6, 6.07) is 11.4. The molecule has 2 aliphatic rings. The summed E-state index contributed by atoms with van der Waals surface area (Å²) in [5.74, 6) is -0.345. The Morgan fingerprint density at radius 3 is 2.76 bits per heavy atom. The predicted octanol–water partition coefficient (Wildman–Crippen LogP) is 2.53. The molecule has 6 nitrogen and oxygen atoms in total. The molecular weight excluding hydrogens is 373 g/mol. The van der Waals surface area contributed by atoms with Gasteiger partial charge in [-0.1, -0.05) is 18.2 Å². The van der Waals surface area contributed by atoms with Crippen molar-refractivity contribution in [2.75, 3.05) is 32.8 Å². The highest BCUT2D eigenvalue weighted by Gasteiger charge is 2.50. The number of pyridine rings is 1. The number of amides is 2. The second-order valence-corrected chi connectivity index (χ2v) is 7.53. The monoisotopic (exact) mass is 397 g/mol. The first-order chi connectivity index (χ1) is 14.1. The van der Waals surface area contributed by atoms with Gasteiger partial charge in [-0.15, -0.1) is 0 Å². The number of aromatic nitrogens is 1. The van der Waals surface area contributed by atoms with Gasteiger partial charge in [-0.2, -0.15) is 0 Å². The molecule has 29 heavy (non-hydrogen) atoms. The molecule has 2 fully saturated rings. The van der Waals surface area contributed by atoms with Crippen LogP contribution in [0.25, 0.3) is 0 Å². The minimum Gasteiger partial charge on any atom is -0.372 e. The van der Waals surface area contributed by atoms with Gasteiger partial charge in [0.25, 0.3) is 5.91 Å². The molecule has 0 N–H and O–H groups in total. The van der Waals surface area contributed by atoms with E-state index >= 15 is 0 Å². The van der Waals surface area contributed by atoms with E-state index in [0.717, 1.165) is 5.56 Å². The van der Waals surface area contributed by atoms with Crippen LogP contribution in [0.5, 0.6) is 0 Å². The molecule has 0 unspecified atom stereocenters. The number of halogens is 1. The van der Waals surface area contributed by atoms with E-state index in [9.17, 15) is 14.0 Å². The lowest BCUT2D eigenvalue weighted by Crippen LogP contribution is -2.39. The Bertz CT molecular complexity index is 892. The van der Waals surface area contributed by atoms with E-state index in [1.165, 1.54) is 12.1 Å². The molecule has 3 atom stereocenters. The number of ether oxygens (including phenoxy) is 1. The summed E-state index contributed by atoms with van der Waals surface area (Å²) >= 11 is 0. The van der Waals surface area contributed by atoms with Gasteiger partial charge >= 0.3 is 0 Å².